The first-order chi connectivity index (χ1) is 6.68. The predicted octanol–water partition coefficient (Wildman–Crippen LogP) is 2.58. The molecule has 2 rings (SSSR count). The Hall–Kier alpha value is -0.300. The Morgan fingerprint density at radius 1 is 1.50 bits per heavy atom. The average Bonchev–Trinajstić information content (AvgIpc) is 2.57. The van der Waals surface area contributed by atoms with E-state index in [1.54, 1.807) is 4.90 Å². The second-order valence-corrected chi connectivity index (χ2v) is 5.00. The van der Waals surface area contributed by atoms with E-state index in [9.17, 15) is 4.79 Å². The second-order valence-electron chi connectivity index (χ2n) is 2.98. The second kappa shape index (κ2) is 4.06. The predicted molar refractivity (Wildman–Crippen MR) is 67.6 cm³/mol. The average molecular weight is 367 g/mol. The van der Waals surface area contributed by atoms with Crippen LogP contribution in [0.5, 0.6) is 0 Å². The van der Waals surface area contributed by atoms with E-state index in [1.165, 1.54) is 0 Å². The highest BCUT2D eigenvalue weighted by molar-refractivity contribution is 14.1. The van der Waals surface area contributed by atoms with Gasteiger partial charge in [0.25, 0.3) is 0 Å². The number of urea groups is 1. The van der Waals surface area contributed by atoms with Crippen molar-refractivity contribution in [1.82, 2.24) is 5.32 Å². The number of amides is 2. The third-order valence-electron chi connectivity index (χ3n) is 2.07. The number of carbonyl (C=O) groups is 1. The zero-order valence-electron chi connectivity index (χ0n) is 7.26. The maximum absolute atomic E-state index is 11.4. The highest BCUT2D eigenvalue weighted by Crippen LogP contribution is 2.25. The standard InChI is InChI=1S/C9H8BrIN2O/c10-7-2-1-6(5-8(7)11)13-4-3-12-9(13)14/h1-2,5H,3-4H2,(H,12,14). The lowest BCUT2D eigenvalue weighted by molar-refractivity contribution is 0.252. The minimum Gasteiger partial charge on any atom is -0.336 e. The minimum atomic E-state index is -0.0110. The number of benzene rings is 1. The van der Waals surface area contributed by atoms with Crippen LogP contribution in [0.15, 0.2) is 22.7 Å². The van der Waals surface area contributed by atoms with E-state index >= 15 is 0 Å². The van der Waals surface area contributed by atoms with Crippen molar-refractivity contribution in [3.8, 4) is 0 Å². The third kappa shape index (κ3) is 1.88. The number of hydrogen-bond acceptors (Lipinski definition) is 1. The van der Waals surface area contributed by atoms with Gasteiger partial charge in [-0.25, -0.2) is 4.79 Å². The molecule has 3 nitrogen and oxygen atoms in total. The van der Waals surface area contributed by atoms with Gasteiger partial charge in [-0.2, -0.15) is 0 Å². The van der Waals surface area contributed by atoms with Crippen molar-refractivity contribution in [3.05, 3.63) is 26.2 Å². The number of nitrogens with one attached hydrogen (secondary N) is 1. The Morgan fingerprint density at radius 2 is 2.29 bits per heavy atom. The van der Waals surface area contributed by atoms with E-state index < -0.39 is 0 Å². The number of nitrogens with zero attached hydrogens (tertiary/aromatic N) is 1. The number of carbonyl (C=O) groups excluding carboxylic acids is 1. The lowest BCUT2D eigenvalue weighted by Crippen LogP contribution is -2.27. The largest absolute Gasteiger partial charge is 0.336 e. The van der Waals surface area contributed by atoms with E-state index in [0.717, 1.165) is 26.8 Å². The molecule has 1 aromatic rings. The van der Waals surface area contributed by atoms with E-state index in [1.807, 2.05) is 18.2 Å². The normalized spacial score (nSPS) is 15.9. The third-order valence-corrected chi connectivity index (χ3v) is 4.40. The molecule has 1 aliphatic rings. The maximum atomic E-state index is 11.4. The van der Waals surface area contributed by atoms with Crippen molar-refractivity contribution in [1.29, 1.82) is 0 Å². The van der Waals surface area contributed by atoms with Crippen molar-refractivity contribution < 1.29 is 4.79 Å². The van der Waals surface area contributed by atoms with Gasteiger partial charge in [0.15, 0.2) is 0 Å². The van der Waals surface area contributed by atoms with E-state index in [2.05, 4.69) is 43.8 Å². The van der Waals surface area contributed by atoms with Crippen molar-refractivity contribution in [2.75, 3.05) is 18.0 Å². The molecule has 0 radical (unpaired) electrons. The van der Waals surface area contributed by atoms with Gasteiger partial charge in [-0.3, -0.25) is 4.90 Å². The van der Waals surface area contributed by atoms with E-state index in [0.29, 0.717) is 0 Å². The zero-order chi connectivity index (χ0) is 10.1. The first kappa shape index (κ1) is 10.2. The Morgan fingerprint density at radius 3 is 2.86 bits per heavy atom. The monoisotopic (exact) mass is 366 g/mol. The van der Waals surface area contributed by atoms with Crippen molar-refractivity contribution in [3.63, 3.8) is 0 Å². The molecule has 5 heteroatoms. The summed E-state index contributed by atoms with van der Waals surface area (Å²) in [5, 5.41) is 2.77. The molecular weight excluding hydrogens is 359 g/mol. The van der Waals surface area contributed by atoms with Crippen LogP contribution in [0.1, 0.15) is 0 Å². The van der Waals surface area contributed by atoms with Crippen LogP contribution in [-0.2, 0) is 0 Å². The topological polar surface area (TPSA) is 32.3 Å². The molecule has 1 N–H and O–H groups in total. The fraction of sp³-hybridized carbons (Fsp3) is 0.222. The molecule has 1 aromatic carbocycles. The fourth-order valence-electron chi connectivity index (χ4n) is 1.37. The van der Waals surface area contributed by atoms with Gasteiger partial charge in [0.1, 0.15) is 0 Å². The fourth-order valence-corrected chi connectivity index (χ4v) is 2.12. The van der Waals surface area contributed by atoms with Crippen molar-refractivity contribution >= 4 is 50.2 Å². The SMILES string of the molecule is O=C1NCCN1c1ccc(Br)c(I)c1. The first-order valence-corrected chi connectivity index (χ1v) is 6.06. The van der Waals surface area contributed by atoms with Gasteiger partial charge in [0, 0.05) is 26.8 Å². The number of halogens is 2. The van der Waals surface area contributed by atoms with Gasteiger partial charge < -0.3 is 5.32 Å². The molecule has 0 unspecified atom stereocenters. The highest BCUT2D eigenvalue weighted by atomic mass is 127. The molecule has 0 saturated carbocycles. The van der Waals surface area contributed by atoms with Crippen LogP contribution in [0.4, 0.5) is 10.5 Å². The van der Waals surface area contributed by atoms with Gasteiger partial charge in [-0.15, -0.1) is 0 Å². The van der Waals surface area contributed by atoms with Gasteiger partial charge in [-0.05, 0) is 56.7 Å². The Bertz CT molecular complexity index is 383. The number of anilines is 1. The molecule has 0 aromatic heterocycles. The molecule has 0 bridgehead atoms. The summed E-state index contributed by atoms with van der Waals surface area (Å²) in [6.45, 7) is 1.47. The van der Waals surface area contributed by atoms with E-state index in [4.69, 9.17) is 0 Å². The van der Waals surface area contributed by atoms with Gasteiger partial charge in [-0.1, -0.05) is 0 Å². The van der Waals surface area contributed by atoms with Crippen LogP contribution in [0.25, 0.3) is 0 Å². The quantitative estimate of drug-likeness (QED) is 0.761. The van der Waals surface area contributed by atoms with Crippen LogP contribution in [0.2, 0.25) is 0 Å². The first-order valence-electron chi connectivity index (χ1n) is 4.19. The summed E-state index contributed by atoms with van der Waals surface area (Å²) >= 11 is 5.66. The highest BCUT2D eigenvalue weighted by Gasteiger charge is 2.21. The summed E-state index contributed by atoms with van der Waals surface area (Å²) in [6, 6.07) is 5.89. The van der Waals surface area contributed by atoms with Crippen LogP contribution >= 0.6 is 38.5 Å². The van der Waals surface area contributed by atoms with Gasteiger partial charge in [0.2, 0.25) is 0 Å². The Kier molecular flexibility index (Phi) is 2.96. The molecular formula is C9H8BrIN2O. The van der Waals surface area contributed by atoms with Crippen LogP contribution in [0.3, 0.4) is 0 Å². The van der Waals surface area contributed by atoms with Gasteiger partial charge in [0.05, 0.1) is 0 Å². The summed E-state index contributed by atoms with van der Waals surface area (Å²) in [5.41, 5.74) is 0.951. The summed E-state index contributed by atoms with van der Waals surface area (Å²) in [5.74, 6) is 0. The zero-order valence-corrected chi connectivity index (χ0v) is 11.0. The lowest BCUT2D eigenvalue weighted by Gasteiger charge is -2.14. The van der Waals surface area contributed by atoms with Crippen molar-refractivity contribution in [2.45, 2.75) is 0 Å². The Balaban J connectivity index is 2.32. The molecule has 1 aliphatic heterocycles. The summed E-state index contributed by atoms with van der Waals surface area (Å²) in [4.78, 5) is 13.1. The van der Waals surface area contributed by atoms with Crippen LogP contribution < -0.4 is 10.2 Å². The van der Waals surface area contributed by atoms with Crippen LogP contribution in [-0.4, -0.2) is 19.1 Å². The molecule has 2 amide bonds. The smallest absolute Gasteiger partial charge is 0.321 e. The molecule has 74 valence electrons. The van der Waals surface area contributed by atoms with Gasteiger partial charge >= 0.3 is 6.03 Å². The number of hydrogen-bond donors (Lipinski definition) is 1. The maximum Gasteiger partial charge on any atom is 0.321 e. The van der Waals surface area contributed by atoms with E-state index in [-0.39, 0.29) is 6.03 Å². The summed E-state index contributed by atoms with van der Waals surface area (Å²) in [6.07, 6.45) is 0. The molecule has 14 heavy (non-hydrogen) atoms. The molecule has 0 spiro atoms. The number of rotatable bonds is 1. The minimum absolute atomic E-state index is 0.0110. The van der Waals surface area contributed by atoms with Crippen molar-refractivity contribution in [2.24, 2.45) is 0 Å². The molecule has 1 fully saturated rings. The summed E-state index contributed by atoms with van der Waals surface area (Å²) in [7, 11) is 0. The summed E-state index contributed by atoms with van der Waals surface area (Å²) < 4.78 is 2.17. The molecule has 1 heterocycles. The molecule has 0 aliphatic carbocycles. The molecule has 1 saturated heterocycles. The lowest BCUT2D eigenvalue weighted by atomic mass is 10.3. The van der Waals surface area contributed by atoms with Crippen LogP contribution in [0, 0.1) is 3.57 Å². The molecule has 0 atom stereocenters. The Labute approximate surface area is 104 Å².